The second kappa shape index (κ2) is 9.56. The summed E-state index contributed by atoms with van der Waals surface area (Å²) in [7, 11) is -3.88. The van der Waals surface area contributed by atoms with E-state index in [0.29, 0.717) is 36.2 Å². The van der Waals surface area contributed by atoms with Crippen LogP contribution in [0, 0.1) is 5.92 Å². The topological polar surface area (TPSA) is 69.7 Å². The van der Waals surface area contributed by atoms with E-state index in [4.69, 9.17) is 23.2 Å². The van der Waals surface area contributed by atoms with Gasteiger partial charge in [-0.1, -0.05) is 49.2 Å². The summed E-state index contributed by atoms with van der Waals surface area (Å²) >= 11 is 12.0. The minimum atomic E-state index is -3.88. The standard InChI is InChI=1S/C21H25Cl2N3O3S/c1-15(2)20(24-30(28,29)19-8-4-6-17(23)14-19)21(27)26-11-9-25(10-12-26)18-7-3-5-16(22)13-18/h3-8,13-15,20,24H,9-12H2,1-2H3/t20-/m0/s1. The SMILES string of the molecule is CC(C)[C@H](NS(=O)(=O)c1cccc(Cl)c1)C(=O)N1CCN(c2cccc(Cl)c2)CC1. The first-order chi connectivity index (χ1) is 14.2. The summed E-state index contributed by atoms with van der Waals surface area (Å²) in [6, 6.07) is 12.7. The number of nitrogens with one attached hydrogen (secondary N) is 1. The Kier molecular flexibility index (Phi) is 7.29. The lowest BCUT2D eigenvalue weighted by atomic mass is 10.0. The molecule has 30 heavy (non-hydrogen) atoms. The highest BCUT2D eigenvalue weighted by Crippen LogP contribution is 2.22. The number of rotatable bonds is 6. The highest BCUT2D eigenvalue weighted by atomic mass is 35.5. The Morgan fingerprint density at radius 3 is 2.13 bits per heavy atom. The molecule has 162 valence electrons. The smallest absolute Gasteiger partial charge is 0.241 e. The number of carbonyl (C=O) groups excluding carboxylic acids is 1. The molecule has 0 saturated carbocycles. The van der Waals surface area contributed by atoms with Crippen LogP contribution >= 0.6 is 23.2 Å². The van der Waals surface area contributed by atoms with E-state index in [2.05, 4.69) is 9.62 Å². The molecular weight excluding hydrogens is 445 g/mol. The average molecular weight is 470 g/mol. The Hall–Kier alpha value is -1.80. The number of halogens is 2. The second-order valence-corrected chi connectivity index (χ2v) is 10.2. The van der Waals surface area contributed by atoms with Crippen molar-refractivity contribution in [2.75, 3.05) is 31.1 Å². The van der Waals surface area contributed by atoms with Crippen LogP contribution in [0.3, 0.4) is 0 Å². The Labute approximate surface area is 187 Å². The average Bonchev–Trinajstić information content (AvgIpc) is 2.71. The van der Waals surface area contributed by atoms with Crippen LogP contribution in [-0.2, 0) is 14.8 Å². The molecule has 0 radical (unpaired) electrons. The maximum Gasteiger partial charge on any atom is 0.241 e. The molecule has 0 unspecified atom stereocenters. The molecule has 9 heteroatoms. The molecular formula is C21H25Cl2N3O3S. The van der Waals surface area contributed by atoms with E-state index >= 15 is 0 Å². The number of carbonyl (C=O) groups is 1. The van der Waals surface area contributed by atoms with Crippen molar-refractivity contribution in [2.45, 2.75) is 24.8 Å². The van der Waals surface area contributed by atoms with Gasteiger partial charge >= 0.3 is 0 Å². The number of hydrogen-bond donors (Lipinski definition) is 1. The maximum absolute atomic E-state index is 13.1. The van der Waals surface area contributed by atoms with Gasteiger partial charge < -0.3 is 9.80 Å². The van der Waals surface area contributed by atoms with Gasteiger partial charge in [0.2, 0.25) is 15.9 Å². The fourth-order valence-corrected chi connectivity index (χ4v) is 5.22. The van der Waals surface area contributed by atoms with Crippen molar-refractivity contribution in [1.82, 2.24) is 9.62 Å². The Morgan fingerprint density at radius 1 is 0.967 bits per heavy atom. The monoisotopic (exact) mass is 469 g/mol. The van der Waals surface area contributed by atoms with Gasteiger partial charge in [0, 0.05) is 41.9 Å². The molecule has 0 spiro atoms. The zero-order valence-corrected chi connectivity index (χ0v) is 19.2. The van der Waals surface area contributed by atoms with Crippen molar-refractivity contribution in [1.29, 1.82) is 0 Å². The fraction of sp³-hybridized carbons (Fsp3) is 0.381. The highest BCUT2D eigenvalue weighted by Gasteiger charge is 2.33. The van der Waals surface area contributed by atoms with E-state index in [-0.39, 0.29) is 16.7 Å². The highest BCUT2D eigenvalue weighted by molar-refractivity contribution is 7.89. The first-order valence-corrected chi connectivity index (χ1v) is 12.0. The second-order valence-electron chi connectivity index (χ2n) is 7.59. The van der Waals surface area contributed by atoms with E-state index in [1.165, 1.54) is 12.1 Å². The number of sulfonamides is 1. The molecule has 1 N–H and O–H groups in total. The molecule has 1 aliphatic rings. The molecule has 0 bridgehead atoms. The Balaban J connectivity index is 1.69. The van der Waals surface area contributed by atoms with Gasteiger partial charge in [0.1, 0.15) is 6.04 Å². The third-order valence-electron chi connectivity index (χ3n) is 5.09. The van der Waals surface area contributed by atoms with Gasteiger partial charge in [-0.15, -0.1) is 0 Å². The third-order valence-corrected chi connectivity index (χ3v) is 6.99. The van der Waals surface area contributed by atoms with E-state index in [9.17, 15) is 13.2 Å². The number of piperazine rings is 1. The normalized spacial score (nSPS) is 16.0. The summed E-state index contributed by atoms with van der Waals surface area (Å²) in [5.41, 5.74) is 1.01. The quantitative estimate of drug-likeness (QED) is 0.700. The molecule has 1 aliphatic heterocycles. The summed E-state index contributed by atoms with van der Waals surface area (Å²) in [5, 5.41) is 0.990. The van der Waals surface area contributed by atoms with E-state index in [0.717, 1.165) is 5.69 Å². The fourth-order valence-electron chi connectivity index (χ4n) is 3.40. The number of amides is 1. The van der Waals surface area contributed by atoms with Crippen molar-refractivity contribution in [3.8, 4) is 0 Å². The van der Waals surface area contributed by atoms with Crippen LogP contribution < -0.4 is 9.62 Å². The summed E-state index contributed by atoms with van der Waals surface area (Å²) in [4.78, 5) is 17.1. The van der Waals surface area contributed by atoms with Gasteiger partial charge in [0.25, 0.3) is 0 Å². The largest absolute Gasteiger partial charge is 0.368 e. The predicted octanol–water partition coefficient (Wildman–Crippen LogP) is 3.65. The molecule has 1 heterocycles. The Bertz CT molecular complexity index is 1010. The number of hydrogen-bond acceptors (Lipinski definition) is 4. The lowest BCUT2D eigenvalue weighted by Gasteiger charge is -2.38. The van der Waals surface area contributed by atoms with E-state index in [1.807, 2.05) is 38.1 Å². The van der Waals surface area contributed by atoms with Crippen molar-refractivity contribution in [3.63, 3.8) is 0 Å². The van der Waals surface area contributed by atoms with Crippen molar-refractivity contribution >= 4 is 44.8 Å². The minimum Gasteiger partial charge on any atom is -0.368 e. The summed E-state index contributed by atoms with van der Waals surface area (Å²) < 4.78 is 28.2. The molecule has 0 aromatic heterocycles. The molecule has 6 nitrogen and oxygen atoms in total. The predicted molar refractivity (Wildman–Crippen MR) is 121 cm³/mol. The van der Waals surface area contributed by atoms with Gasteiger partial charge in [-0.25, -0.2) is 8.42 Å². The van der Waals surface area contributed by atoms with Gasteiger partial charge in [-0.2, -0.15) is 4.72 Å². The van der Waals surface area contributed by atoms with Crippen molar-refractivity contribution < 1.29 is 13.2 Å². The van der Waals surface area contributed by atoms with Crippen molar-refractivity contribution in [3.05, 3.63) is 58.6 Å². The zero-order valence-electron chi connectivity index (χ0n) is 16.9. The van der Waals surface area contributed by atoms with Crippen LogP contribution in [0.1, 0.15) is 13.8 Å². The summed E-state index contributed by atoms with van der Waals surface area (Å²) in [6.07, 6.45) is 0. The number of anilines is 1. The maximum atomic E-state index is 13.1. The molecule has 1 atom stereocenters. The Morgan fingerprint density at radius 2 is 1.57 bits per heavy atom. The van der Waals surface area contributed by atoms with Gasteiger partial charge in [-0.05, 0) is 42.3 Å². The first kappa shape index (κ1) is 22.9. The molecule has 1 saturated heterocycles. The van der Waals surface area contributed by atoms with Crippen molar-refractivity contribution in [2.24, 2.45) is 5.92 Å². The summed E-state index contributed by atoms with van der Waals surface area (Å²) in [6.45, 7) is 5.97. The van der Waals surface area contributed by atoms with Crippen LogP contribution in [0.25, 0.3) is 0 Å². The van der Waals surface area contributed by atoms with Crippen LogP contribution in [0.15, 0.2) is 53.4 Å². The molecule has 3 rings (SSSR count). The summed E-state index contributed by atoms with van der Waals surface area (Å²) in [5.74, 6) is -0.432. The third kappa shape index (κ3) is 5.46. The van der Waals surface area contributed by atoms with E-state index in [1.54, 1.807) is 17.0 Å². The molecule has 1 amide bonds. The number of nitrogens with zero attached hydrogens (tertiary/aromatic N) is 2. The number of benzene rings is 2. The van der Waals surface area contributed by atoms with Crippen LogP contribution in [0.4, 0.5) is 5.69 Å². The molecule has 2 aromatic rings. The van der Waals surface area contributed by atoms with Crippen LogP contribution in [0.5, 0.6) is 0 Å². The van der Waals surface area contributed by atoms with Gasteiger partial charge in [-0.3, -0.25) is 4.79 Å². The van der Waals surface area contributed by atoms with Gasteiger partial charge in [0.05, 0.1) is 4.90 Å². The van der Waals surface area contributed by atoms with Crippen LogP contribution in [-0.4, -0.2) is 51.4 Å². The van der Waals surface area contributed by atoms with Crippen LogP contribution in [0.2, 0.25) is 10.0 Å². The van der Waals surface area contributed by atoms with E-state index < -0.39 is 16.1 Å². The lowest BCUT2D eigenvalue weighted by molar-refractivity contribution is -0.134. The first-order valence-electron chi connectivity index (χ1n) is 9.74. The minimum absolute atomic E-state index is 0.0409. The zero-order chi connectivity index (χ0) is 21.9. The molecule has 0 aliphatic carbocycles. The molecule has 1 fully saturated rings. The lowest BCUT2D eigenvalue weighted by Crippen LogP contribution is -2.56. The molecule has 2 aromatic carbocycles. The van der Waals surface area contributed by atoms with Gasteiger partial charge in [0.15, 0.2) is 0 Å².